The van der Waals surface area contributed by atoms with E-state index >= 15 is 0 Å². The van der Waals surface area contributed by atoms with Crippen LogP contribution in [0.2, 0.25) is 0 Å². The number of amides is 2. The van der Waals surface area contributed by atoms with Gasteiger partial charge in [0.1, 0.15) is 5.75 Å². The van der Waals surface area contributed by atoms with E-state index in [9.17, 15) is 9.59 Å². The van der Waals surface area contributed by atoms with Crippen molar-refractivity contribution in [1.82, 2.24) is 20.5 Å². The highest BCUT2D eigenvalue weighted by Gasteiger charge is 2.33. The van der Waals surface area contributed by atoms with Crippen molar-refractivity contribution in [3.8, 4) is 5.75 Å². The van der Waals surface area contributed by atoms with Crippen molar-refractivity contribution < 1.29 is 14.3 Å². The summed E-state index contributed by atoms with van der Waals surface area (Å²) in [7, 11) is 1.57. The average Bonchev–Trinajstić information content (AvgIpc) is 3.45. The van der Waals surface area contributed by atoms with Crippen molar-refractivity contribution in [1.29, 1.82) is 0 Å². The van der Waals surface area contributed by atoms with E-state index in [-0.39, 0.29) is 16.8 Å². The lowest BCUT2D eigenvalue weighted by atomic mass is 10.1. The maximum Gasteiger partial charge on any atom is 0.286 e. The molecule has 0 unspecified atom stereocenters. The Bertz CT molecular complexity index is 1180. The van der Waals surface area contributed by atoms with E-state index in [0.717, 1.165) is 48.8 Å². The molecule has 2 aliphatic heterocycles. The lowest BCUT2D eigenvalue weighted by molar-refractivity contribution is 0.0994. The molecule has 4 heterocycles. The number of piperazine rings is 1. The smallest absolute Gasteiger partial charge is 0.286 e. The third-order valence-corrected chi connectivity index (χ3v) is 6.43. The molecule has 11 heteroatoms. The number of carbonyl (C=O) groups is 2. The number of ether oxygens (including phenoxy) is 1. The molecule has 2 aliphatic rings. The Morgan fingerprint density at radius 1 is 1.22 bits per heavy atom. The quantitative estimate of drug-likeness (QED) is 0.604. The largest absolute Gasteiger partial charge is 0.496 e. The minimum absolute atomic E-state index is 0.172. The average molecular weight is 452 g/mol. The third-order valence-electron chi connectivity index (χ3n) is 5.49. The van der Waals surface area contributed by atoms with Gasteiger partial charge >= 0.3 is 0 Å². The summed E-state index contributed by atoms with van der Waals surface area (Å²) >= 11 is 1.07. The zero-order valence-electron chi connectivity index (χ0n) is 17.4. The predicted molar refractivity (Wildman–Crippen MR) is 121 cm³/mol. The molecule has 0 radical (unpaired) electrons. The number of rotatable bonds is 5. The maximum absolute atomic E-state index is 12.9. The first-order valence-electron chi connectivity index (χ1n) is 10.2. The second-order valence-corrected chi connectivity index (χ2v) is 8.31. The van der Waals surface area contributed by atoms with Gasteiger partial charge in [0.05, 0.1) is 31.2 Å². The minimum Gasteiger partial charge on any atom is -0.496 e. The van der Waals surface area contributed by atoms with Gasteiger partial charge in [0.15, 0.2) is 0 Å². The van der Waals surface area contributed by atoms with Crippen LogP contribution in [0.4, 0.5) is 16.5 Å². The topological polar surface area (TPSA) is 113 Å². The lowest BCUT2D eigenvalue weighted by Crippen LogP contribution is -2.43. The molecule has 0 bridgehead atoms. The number of anilines is 3. The first-order valence-corrected chi connectivity index (χ1v) is 11.0. The van der Waals surface area contributed by atoms with E-state index in [1.807, 2.05) is 12.1 Å². The molecule has 2 aromatic heterocycles. The number of hydrogen-bond acceptors (Lipinski definition) is 9. The van der Waals surface area contributed by atoms with E-state index in [1.54, 1.807) is 31.6 Å². The highest BCUT2D eigenvalue weighted by atomic mass is 32.1. The molecule has 1 saturated heterocycles. The highest BCUT2D eigenvalue weighted by Crippen LogP contribution is 2.35. The molecule has 2 N–H and O–H groups in total. The third kappa shape index (κ3) is 3.65. The number of aromatic nitrogens is 3. The van der Waals surface area contributed by atoms with Gasteiger partial charge in [-0.1, -0.05) is 17.4 Å². The first-order chi connectivity index (χ1) is 15.7. The highest BCUT2D eigenvalue weighted by molar-refractivity contribution is 7.17. The molecule has 1 fully saturated rings. The second-order valence-electron chi connectivity index (χ2n) is 7.35. The Balaban J connectivity index is 1.34. The number of carbonyl (C=O) groups excluding carboxylic acids is 2. The summed E-state index contributed by atoms with van der Waals surface area (Å²) in [5.41, 5.74) is 2.90. The van der Waals surface area contributed by atoms with Crippen LogP contribution in [0.3, 0.4) is 0 Å². The number of methoxy groups -OCH3 is 1. The Labute approximate surface area is 188 Å². The van der Waals surface area contributed by atoms with Gasteiger partial charge < -0.3 is 20.3 Å². The van der Waals surface area contributed by atoms with E-state index < -0.39 is 0 Å². The molecule has 3 aromatic rings. The molecule has 0 aliphatic carbocycles. The van der Waals surface area contributed by atoms with Crippen molar-refractivity contribution in [2.24, 2.45) is 0 Å². The zero-order valence-corrected chi connectivity index (χ0v) is 18.2. The summed E-state index contributed by atoms with van der Waals surface area (Å²) in [4.78, 5) is 33.6. The molecule has 164 valence electrons. The molecule has 1 aromatic carbocycles. The first kappa shape index (κ1) is 20.3. The van der Waals surface area contributed by atoms with Gasteiger partial charge in [0.2, 0.25) is 10.1 Å². The van der Waals surface area contributed by atoms with Gasteiger partial charge in [-0.25, -0.2) is 0 Å². The summed E-state index contributed by atoms with van der Waals surface area (Å²) in [6, 6.07) is 7.25. The summed E-state index contributed by atoms with van der Waals surface area (Å²) in [5, 5.41) is 14.9. The van der Waals surface area contributed by atoms with Gasteiger partial charge in [-0.05, 0) is 18.2 Å². The van der Waals surface area contributed by atoms with Crippen LogP contribution in [0, 0.1) is 0 Å². The zero-order chi connectivity index (χ0) is 22.1. The monoisotopic (exact) mass is 451 g/mol. The molecule has 10 nitrogen and oxygen atoms in total. The van der Waals surface area contributed by atoms with Gasteiger partial charge in [-0.15, -0.1) is 10.2 Å². The fraction of sp³-hybridized carbons (Fsp3) is 0.286. The van der Waals surface area contributed by atoms with E-state index in [2.05, 4.69) is 30.7 Å². The maximum atomic E-state index is 12.9. The van der Waals surface area contributed by atoms with Crippen LogP contribution in [0.25, 0.3) is 0 Å². The van der Waals surface area contributed by atoms with E-state index in [1.165, 1.54) is 4.90 Å². The van der Waals surface area contributed by atoms with Gasteiger partial charge in [-0.3, -0.25) is 19.5 Å². The van der Waals surface area contributed by atoms with Gasteiger partial charge in [0, 0.05) is 43.5 Å². The van der Waals surface area contributed by atoms with Crippen molar-refractivity contribution in [3.63, 3.8) is 0 Å². The number of nitrogens with one attached hydrogen (secondary N) is 2. The van der Waals surface area contributed by atoms with Crippen molar-refractivity contribution in [3.05, 3.63) is 52.8 Å². The Kier molecular flexibility index (Phi) is 5.41. The van der Waals surface area contributed by atoms with Crippen molar-refractivity contribution in [2.45, 2.75) is 6.54 Å². The van der Waals surface area contributed by atoms with Gasteiger partial charge in [0.25, 0.3) is 11.8 Å². The summed E-state index contributed by atoms with van der Waals surface area (Å²) in [6.45, 7) is 3.77. The van der Waals surface area contributed by atoms with Crippen LogP contribution in [-0.2, 0) is 6.54 Å². The van der Waals surface area contributed by atoms with Gasteiger partial charge in [-0.2, -0.15) is 0 Å². The standard InChI is InChI=1S/C21H21N7O3S/c1-31-17-4-2-3-13-14(17)12-28(20(13)30)21-26-25-19(32-21)18(29)24-15-11-23-6-5-16(15)27-9-7-22-8-10-27/h2-6,11,22H,7-10,12H2,1H3,(H,24,29). The number of fused-ring (bicyclic) bond motifs is 1. The summed E-state index contributed by atoms with van der Waals surface area (Å²) < 4.78 is 5.37. The normalized spacial score (nSPS) is 15.6. The number of benzene rings is 1. The summed E-state index contributed by atoms with van der Waals surface area (Å²) in [5.74, 6) is 0.0768. The second kappa shape index (κ2) is 8.52. The lowest BCUT2D eigenvalue weighted by Gasteiger charge is -2.30. The molecule has 0 atom stereocenters. The van der Waals surface area contributed by atoms with Crippen molar-refractivity contribution >= 4 is 39.7 Å². The molecular formula is C21H21N7O3S. The molecule has 5 rings (SSSR count). The van der Waals surface area contributed by atoms with Crippen LogP contribution >= 0.6 is 11.3 Å². The van der Waals surface area contributed by atoms with Crippen LogP contribution in [0.15, 0.2) is 36.7 Å². The van der Waals surface area contributed by atoms with E-state index in [4.69, 9.17) is 4.74 Å². The number of pyridine rings is 1. The van der Waals surface area contributed by atoms with Crippen LogP contribution in [-0.4, -0.2) is 60.3 Å². The molecular weight excluding hydrogens is 430 g/mol. The fourth-order valence-corrected chi connectivity index (χ4v) is 4.64. The molecule has 2 amide bonds. The molecule has 0 saturated carbocycles. The fourth-order valence-electron chi connectivity index (χ4n) is 3.91. The van der Waals surface area contributed by atoms with Crippen molar-refractivity contribution in [2.75, 3.05) is 48.4 Å². The van der Waals surface area contributed by atoms with E-state index in [0.29, 0.717) is 28.7 Å². The van der Waals surface area contributed by atoms with Crippen LogP contribution < -0.4 is 25.2 Å². The molecule has 32 heavy (non-hydrogen) atoms. The number of hydrogen-bond donors (Lipinski definition) is 2. The Morgan fingerprint density at radius 3 is 2.88 bits per heavy atom. The Morgan fingerprint density at radius 2 is 2.06 bits per heavy atom. The Hall–Kier alpha value is -3.57. The number of nitrogens with zero attached hydrogens (tertiary/aromatic N) is 5. The van der Waals surface area contributed by atoms with Crippen LogP contribution in [0.5, 0.6) is 5.75 Å². The molecule has 0 spiro atoms. The van der Waals surface area contributed by atoms with Crippen LogP contribution in [0.1, 0.15) is 25.7 Å². The predicted octanol–water partition coefficient (Wildman–Crippen LogP) is 1.76. The summed E-state index contributed by atoms with van der Waals surface area (Å²) in [6.07, 6.45) is 3.34. The minimum atomic E-state index is -0.389. The SMILES string of the molecule is COc1cccc2c1CN(c1nnc(C(=O)Nc3cnccc3N3CCNCC3)s1)C2=O.